The third-order valence-electron chi connectivity index (χ3n) is 6.00. The summed E-state index contributed by atoms with van der Waals surface area (Å²) in [6.45, 7) is 0. The van der Waals surface area contributed by atoms with Crippen LogP contribution in [-0.2, 0) is 0 Å². The molecule has 0 N–H and O–H groups in total. The number of hydrogen-bond donors (Lipinski definition) is 0. The molecule has 0 spiro atoms. The van der Waals surface area contributed by atoms with E-state index in [0.717, 1.165) is 6.16 Å². The molecule has 0 aliphatic carbocycles. The first kappa shape index (κ1) is 24.7. The Kier molecular flexibility index (Phi) is 9.81. The van der Waals surface area contributed by atoms with Gasteiger partial charge in [0.05, 0.1) is 0 Å². The third kappa shape index (κ3) is 5.89. The standard InChI is InChI=1S/C28H33BrIP/c29-31(26-18-10-7-11-19-26,27-20-12-8-13-21-27,28-22-14-9-15-23-28)25-17-6-4-2-1-3-5-16-24-30/h6-15,17-23H,1-5,16,24-25H2. The van der Waals surface area contributed by atoms with Gasteiger partial charge in [-0.15, -0.1) is 0 Å². The van der Waals surface area contributed by atoms with E-state index in [2.05, 4.69) is 141 Å². The predicted molar refractivity (Wildman–Crippen MR) is 155 cm³/mol. The van der Waals surface area contributed by atoms with Crippen molar-refractivity contribution in [2.45, 2.75) is 38.5 Å². The van der Waals surface area contributed by atoms with Crippen molar-refractivity contribution in [2.75, 3.05) is 10.6 Å². The zero-order chi connectivity index (χ0) is 21.9. The Labute approximate surface area is 210 Å². The molecule has 0 heterocycles. The predicted octanol–water partition coefficient (Wildman–Crippen LogP) is 8.16. The molecule has 3 aromatic carbocycles. The maximum atomic E-state index is 4.51. The molecule has 0 saturated heterocycles. The molecule has 0 fully saturated rings. The SMILES string of the molecule is BrP(CC=CCCCCCCCI)(c1ccccc1)(c1ccccc1)c1ccccc1. The summed E-state index contributed by atoms with van der Waals surface area (Å²) in [6, 6.07) is 33.2. The average Bonchev–Trinajstić information content (AvgIpc) is 2.84. The van der Waals surface area contributed by atoms with Crippen molar-refractivity contribution in [1.29, 1.82) is 0 Å². The van der Waals surface area contributed by atoms with Gasteiger partial charge in [0.25, 0.3) is 0 Å². The summed E-state index contributed by atoms with van der Waals surface area (Å²) in [7, 11) is 0. The van der Waals surface area contributed by atoms with Gasteiger partial charge >= 0.3 is 212 Å². The first-order valence-corrected chi connectivity index (χ1v) is 17.3. The third-order valence-corrected chi connectivity index (χ3v) is 16.3. The summed E-state index contributed by atoms with van der Waals surface area (Å²) < 4.78 is 1.29. The van der Waals surface area contributed by atoms with Crippen LogP contribution in [0.1, 0.15) is 38.5 Å². The van der Waals surface area contributed by atoms with E-state index >= 15 is 0 Å². The number of halogens is 2. The van der Waals surface area contributed by atoms with E-state index in [1.165, 1.54) is 58.9 Å². The fourth-order valence-electron chi connectivity index (χ4n) is 4.26. The molecule has 0 radical (unpaired) electrons. The molecule has 0 saturated carbocycles. The molecule has 3 rings (SSSR count). The van der Waals surface area contributed by atoms with Gasteiger partial charge in [-0.2, -0.15) is 0 Å². The van der Waals surface area contributed by atoms with Gasteiger partial charge < -0.3 is 0 Å². The molecule has 0 aliphatic heterocycles. The topological polar surface area (TPSA) is 0 Å². The number of unbranched alkanes of at least 4 members (excludes halogenated alkanes) is 5. The van der Waals surface area contributed by atoms with Gasteiger partial charge in [0, 0.05) is 0 Å². The average molecular weight is 607 g/mol. The van der Waals surface area contributed by atoms with E-state index in [4.69, 9.17) is 0 Å². The van der Waals surface area contributed by atoms with Crippen LogP contribution in [0.15, 0.2) is 103 Å². The first-order valence-electron chi connectivity index (χ1n) is 11.3. The van der Waals surface area contributed by atoms with Crippen LogP contribution in [0.4, 0.5) is 0 Å². The van der Waals surface area contributed by atoms with Crippen molar-refractivity contribution in [3.63, 3.8) is 0 Å². The van der Waals surface area contributed by atoms with E-state index in [-0.39, 0.29) is 0 Å². The first-order chi connectivity index (χ1) is 15.2. The number of benzene rings is 3. The summed E-state index contributed by atoms with van der Waals surface area (Å²) in [6.07, 6.45) is 13.7. The molecule has 3 aromatic rings. The zero-order valence-corrected chi connectivity index (χ0v) is 22.8. The van der Waals surface area contributed by atoms with Crippen LogP contribution < -0.4 is 15.9 Å². The Balaban J connectivity index is 1.93. The van der Waals surface area contributed by atoms with E-state index in [1.807, 2.05) is 0 Å². The second-order valence-electron chi connectivity index (χ2n) is 8.09. The fourth-order valence-corrected chi connectivity index (χ4v) is 11.9. The summed E-state index contributed by atoms with van der Waals surface area (Å²) >= 11 is 6.99. The van der Waals surface area contributed by atoms with Crippen molar-refractivity contribution >= 4 is 59.3 Å². The van der Waals surface area contributed by atoms with Crippen molar-refractivity contribution in [2.24, 2.45) is 0 Å². The molecule has 0 unspecified atom stereocenters. The second-order valence-corrected chi connectivity index (χ2v) is 18.1. The van der Waals surface area contributed by atoms with Gasteiger partial charge in [0.2, 0.25) is 0 Å². The van der Waals surface area contributed by atoms with Crippen LogP contribution in [0.3, 0.4) is 0 Å². The van der Waals surface area contributed by atoms with Gasteiger partial charge in [-0.25, -0.2) is 0 Å². The summed E-state index contributed by atoms with van der Waals surface area (Å²) in [4.78, 5) is 0. The fraction of sp³-hybridized carbons (Fsp3) is 0.286. The minimum absolute atomic E-state index is 0.985. The van der Waals surface area contributed by atoms with E-state index in [1.54, 1.807) is 0 Å². The van der Waals surface area contributed by atoms with Crippen LogP contribution >= 0.6 is 43.4 Å². The number of rotatable bonds is 12. The van der Waals surface area contributed by atoms with Gasteiger partial charge in [-0.1, -0.05) is 0 Å². The number of allylic oxidation sites excluding steroid dienone is 2. The summed E-state index contributed by atoms with van der Waals surface area (Å²) in [5.74, 6) is 0. The Hall–Kier alpha value is -0.960. The van der Waals surface area contributed by atoms with Gasteiger partial charge in [0.15, 0.2) is 0 Å². The van der Waals surface area contributed by atoms with Gasteiger partial charge in [-0.3, -0.25) is 0 Å². The number of alkyl halides is 1. The Bertz CT molecular complexity index is 826. The molecular weight excluding hydrogens is 574 g/mol. The monoisotopic (exact) mass is 606 g/mol. The van der Waals surface area contributed by atoms with E-state index in [0.29, 0.717) is 0 Å². The molecule has 0 atom stereocenters. The maximum absolute atomic E-state index is 4.51. The molecule has 0 aromatic heterocycles. The van der Waals surface area contributed by atoms with Gasteiger partial charge in [-0.05, 0) is 0 Å². The quantitative estimate of drug-likeness (QED) is 0.0641. The van der Waals surface area contributed by atoms with Crippen LogP contribution in [0.25, 0.3) is 0 Å². The normalized spacial score (nSPS) is 13.2. The van der Waals surface area contributed by atoms with Crippen molar-refractivity contribution in [3.05, 3.63) is 103 Å². The van der Waals surface area contributed by atoms with Crippen LogP contribution in [0.2, 0.25) is 0 Å². The molecule has 0 nitrogen and oxygen atoms in total. The van der Waals surface area contributed by atoms with Crippen LogP contribution in [0.5, 0.6) is 0 Å². The summed E-state index contributed by atoms with van der Waals surface area (Å²) in [5.41, 5.74) is 0. The van der Waals surface area contributed by atoms with Crippen molar-refractivity contribution < 1.29 is 0 Å². The molecule has 3 heteroatoms. The van der Waals surface area contributed by atoms with Gasteiger partial charge in [0.1, 0.15) is 0 Å². The Morgan fingerprint density at radius 1 is 0.581 bits per heavy atom. The second kappa shape index (κ2) is 12.3. The van der Waals surface area contributed by atoms with Crippen LogP contribution in [0, 0.1) is 0 Å². The molecule has 164 valence electrons. The van der Waals surface area contributed by atoms with E-state index in [9.17, 15) is 0 Å². The number of hydrogen-bond acceptors (Lipinski definition) is 0. The Morgan fingerprint density at radius 2 is 1.00 bits per heavy atom. The van der Waals surface area contributed by atoms with Crippen LogP contribution in [-0.4, -0.2) is 10.6 Å². The van der Waals surface area contributed by atoms with Crippen molar-refractivity contribution in [3.8, 4) is 0 Å². The molecule has 0 aliphatic rings. The zero-order valence-electron chi connectivity index (χ0n) is 18.2. The molecule has 0 amide bonds. The molecular formula is C28H33BrIP. The molecule has 0 bridgehead atoms. The molecule has 31 heavy (non-hydrogen) atoms. The minimum atomic E-state index is -2.80. The Morgan fingerprint density at radius 3 is 1.45 bits per heavy atom. The van der Waals surface area contributed by atoms with E-state index < -0.39 is 5.31 Å². The summed E-state index contributed by atoms with van der Waals surface area (Å²) in [5, 5.41) is 1.35. The van der Waals surface area contributed by atoms with Crippen molar-refractivity contribution in [1.82, 2.24) is 0 Å².